The molecule has 60 valence electrons. The maximum atomic E-state index is 5.59. The fraction of sp³-hybridized carbons (Fsp3) is 0.250. The summed E-state index contributed by atoms with van der Waals surface area (Å²) in [6.45, 7) is 3.55. The van der Waals surface area contributed by atoms with E-state index in [-0.39, 0.29) is 6.04 Å². The van der Waals surface area contributed by atoms with Crippen LogP contribution in [-0.2, 0) is 0 Å². The summed E-state index contributed by atoms with van der Waals surface area (Å²) in [6.07, 6.45) is 1.61. The Balaban J connectivity index is 2.79. The number of methoxy groups -OCH3 is 1. The van der Waals surface area contributed by atoms with E-state index in [2.05, 4.69) is 6.58 Å². The van der Waals surface area contributed by atoms with Crippen LogP contribution in [0.2, 0.25) is 0 Å². The highest BCUT2D eigenvalue weighted by Crippen LogP contribution is 2.20. The second-order valence-corrected chi connectivity index (χ2v) is 2.12. The summed E-state index contributed by atoms with van der Waals surface area (Å²) in [5, 5.41) is 0. The predicted octanol–water partition coefficient (Wildman–Crippen LogP) is 1.47. The van der Waals surface area contributed by atoms with Crippen LogP contribution >= 0.6 is 0 Å². The topological polar surface area (TPSA) is 48.4 Å². The molecule has 0 aliphatic carbocycles. The van der Waals surface area contributed by atoms with E-state index in [0.29, 0.717) is 11.7 Å². The zero-order valence-electron chi connectivity index (χ0n) is 6.41. The molecule has 0 fully saturated rings. The van der Waals surface area contributed by atoms with Crippen molar-refractivity contribution < 1.29 is 9.15 Å². The lowest BCUT2D eigenvalue weighted by molar-refractivity contribution is 0.292. The van der Waals surface area contributed by atoms with Crippen molar-refractivity contribution in [3.05, 3.63) is 30.5 Å². The summed E-state index contributed by atoms with van der Waals surface area (Å²) >= 11 is 0. The Labute approximate surface area is 65.4 Å². The van der Waals surface area contributed by atoms with Crippen molar-refractivity contribution in [3.63, 3.8) is 0 Å². The molecule has 1 heterocycles. The molecule has 11 heavy (non-hydrogen) atoms. The molecule has 0 spiro atoms. The van der Waals surface area contributed by atoms with E-state index in [4.69, 9.17) is 14.9 Å². The van der Waals surface area contributed by atoms with Crippen LogP contribution in [0.3, 0.4) is 0 Å². The Kier molecular flexibility index (Phi) is 2.33. The van der Waals surface area contributed by atoms with Crippen LogP contribution in [0, 0.1) is 0 Å². The average molecular weight is 153 g/mol. The Bertz CT molecular complexity index is 242. The molecule has 0 radical (unpaired) electrons. The fourth-order valence-corrected chi connectivity index (χ4v) is 0.739. The predicted molar refractivity (Wildman–Crippen MR) is 42.4 cm³/mol. The fourth-order valence-electron chi connectivity index (χ4n) is 0.739. The van der Waals surface area contributed by atoms with Gasteiger partial charge in [-0.2, -0.15) is 0 Å². The smallest absolute Gasteiger partial charge is 0.284 e. The van der Waals surface area contributed by atoms with Gasteiger partial charge in [-0.15, -0.1) is 6.58 Å². The summed E-state index contributed by atoms with van der Waals surface area (Å²) in [5.74, 6) is 1.13. The molecule has 0 saturated carbocycles. The molecule has 3 heteroatoms. The molecule has 0 unspecified atom stereocenters. The summed E-state index contributed by atoms with van der Waals surface area (Å²) in [7, 11) is 1.54. The monoisotopic (exact) mass is 153 g/mol. The normalized spacial score (nSPS) is 12.5. The first kappa shape index (κ1) is 7.88. The van der Waals surface area contributed by atoms with Gasteiger partial charge < -0.3 is 14.9 Å². The second-order valence-electron chi connectivity index (χ2n) is 2.12. The van der Waals surface area contributed by atoms with Crippen LogP contribution in [0.4, 0.5) is 0 Å². The Hall–Kier alpha value is -1.22. The van der Waals surface area contributed by atoms with Crippen molar-refractivity contribution in [2.75, 3.05) is 7.11 Å². The maximum absolute atomic E-state index is 5.59. The molecule has 1 aromatic rings. The van der Waals surface area contributed by atoms with Gasteiger partial charge in [-0.25, -0.2) is 0 Å². The van der Waals surface area contributed by atoms with Gasteiger partial charge in [-0.05, 0) is 6.07 Å². The van der Waals surface area contributed by atoms with Gasteiger partial charge in [0, 0.05) is 6.07 Å². The van der Waals surface area contributed by atoms with Crippen LogP contribution in [0.5, 0.6) is 5.95 Å². The maximum Gasteiger partial charge on any atom is 0.284 e. The molecule has 2 N–H and O–H groups in total. The number of hydrogen-bond acceptors (Lipinski definition) is 3. The van der Waals surface area contributed by atoms with Crippen LogP contribution in [0.1, 0.15) is 11.8 Å². The van der Waals surface area contributed by atoms with Crippen molar-refractivity contribution in [1.29, 1.82) is 0 Å². The number of rotatable bonds is 3. The third-order valence-corrected chi connectivity index (χ3v) is 1.39. The van der Waals surface area contributed by atoms with E-state index in [1.165, 1.54) is 0 Å². The summed E-state index contributed by atoms with van der Waals surface area (Å²) in [5.41, 5.74) is 5.59. The molecule has 1 rings (SSSR count). The molecule has 0 amide bonds. The van der Waals surface area contributed by atoms with E-state index in [0.717, 1.165) is 0 Å². The van der Waals surface area contributed by atoms with E-state index in [9.17, 15) is 0 Å². The lowest BCUT2D eigenvalue weighted by Crippen LogP contribution is -2.04. The van der Waals surface area contributed by atoms with Gasteiger partial charge in [0.25, 0.3) is 5.95 Å². The van der Waals surface area contributed by atoms with Gasteiger partial charge in [-0.1, -0.05) is 6.08 Å². The van der Waals surface area contributed by atoms with E-state index >= 15 is 0 Å². The van der Waals surface area contributed by atoms with Gasteiger partial charge in [0.2, 0.25) is 0 Å². The molecular formula is C8H11NO2. The molecule has 1 aromatic heterocycles. The number of hydrogen-bond donors (Lipinski definition) is 1. The Morgan fingerprint density at radius 1 is 1.73 bits per heavy atom. The summed E-state index contributed by atoms with van der Waals surface area (Å²) < 4.78 is 10.00. The first-order valence-electron chi connectivity index (χ1n) is 3.29. The molecule has 0 aliphatic heterocycles. The Morgan fingerprint density at radius 3 is 2.91 bits per heavy atom. The van der Waals surface area contributed by atoms with Gasteiger partial charge in [0.15, 0.2) is 0 Å². The highest BCUT2D eigenvalue weighted by molar-refractivity contribution is 5.16. The third kappa shape index (κ3) is 1.62. The van der Waals surface area contributed by atoms with Gasteiger partial charge in [0.1, 0.15) is 5.76 Å². The van der Waals surface area contributed by atoms with Gasteiger partial charge in [-0.3, -0.25) is 0 Å². The minimum absolute atomic E-state index is 0.251. The first-order valence-corrected chi connectivity index (χ1v) is 3.29. The van der Waals surface area contributed by atoms with E-state index in [1.54, 1.807) is 25.3 Å². The standard InChI is InChI=1S/C8H11NO2/c1-3-6(9)7-4-5-8(10-2)11-7/h3-6H,1,9H2,2H3/t6-/m0/s1. The van der Waals surface area contributed by atoms with Gasteiger partial charge >= 0.3 is 0 Å². The van der Waals surface area contributed by atoms with E-state index in [1.807, 2.05) is 0 Å². The van der Waals surface area contributed by atoms with Crippen LogP contribution in [-0.4, -0.2) is 7.11 Å². The molecule has 0 bridgehead atoms. The second kappa shape index (κ2) is 3.25. The number of ether oxygens (including phenoxy) is 1. The summed E-state index contributed by atoms with van der Waals surface area (Å²) in [6, 6.07) is 3.24. The first-order chi connectivity index (χ1) is 5.27. The number of furan rings is 1. The highest BCUT2D eigenvalue weighted by Gasteiger charge is 2.06. The SMILES string of the molecule is C=C[C@H](N)c1ccc(OC)o1. The largest absolute Gasteiger partial charge is 0.468 e. The molecule has 0 aliphatic rings. The minimum atomic E-state index is -0.251. The highest BCUT2D eigenvalue weighted by atomic mass is 16.6. The zero-order chi connectivity index (χ0) is 8.27. The van der Waals surface area contributed by atoms with Crippen LogP contribution in [0.15, 0.2) is 29.2 Å². The molecule has 3 nitrogen and oxygen atoms in total. The van der Waals surface area contributed by atoms with Crippen molar-refractivity contribution in [3.8, 4) is 5.95 Å². The average Bonchev–Trinajstić information content (AvgIpc) is 2.50. The summed E-state index contributed by atoms with van der Waals surface area (Å²) in [4.78, 5) is 0. The Morgan fingerprint density at radius 2 is 2.45 bits per heavy atom. The van der Waals surface area contributed by atoms with Crippen LogP contribution < -0.4 is 10.5 Å². The van der Waals surface area contributed by atoms with Crippen molar-refractivity contribution >= 4 is 0 Å². The molecule has 0 saturated heterocycles. The van der Waals surface area contributed by atoms with Crippen molar-refractivity contribution in [1.82, 2.24) is 0 Å². The van der Waals surface area contributed by atoms with Crippen LogP contribution in [0.25, 0.3) is 0 Å². The number of nitrogens with two attached hydrogens (primary N) is 1. The molecule has 0 aromatic carbocycles. The lowest BCUT2D eigenvalue weighted by Gasteiger charge is -1.99. The molecule has 1 atom stereocenters. The van der Waals surface area contributed by atoms with E-state index < -0.39 is 0 Å². The van der Waals surface area contributed by atoms with Crippen molar-refractivity contribution in [2.45, 2.75) is 6.04 Å². The minimum Gasteiger partial charge on any atom is -0.468 e. The van der Waals surface area contributed by atoms with Gasteiger partial charge in [0.05, 0.1) is 13.2 Å². The lowest BCUT2D eigenvalue weighted by atomic mass is 10.2. The third-order valence-electron chi connectivity index (χ3n) is 1.39. The van der Waals surface area contributed by atoms with Crippen molar-refractivity contribution in [2.24, 2.45) is 5.73 Å². The molecular weight excluding hydrogens is 142 g/mol. The quantitative estimate of drug-likeness (QED) is 0.669. The zero-order valence-corrected chi connectivity index (χ0v) is 6.41.